The van der Waals surface area contributed by atoms with E-state index >= 15 is 0 Å². The second-order valence-electron chi connectivity index (χ2n) is 4.53. The molecule has 0 spiro atoms. The molecular weight excluding hydrogens is 246 g/mol. The van der Waals surface area contributed by atoms with Crippen LogP contribution in [0.4, 0.5) is 0 Å². The summed E-state index contributed by atoms with van der Waals surface area (Å²) < 4.78 is 10.5. The lowest BCUT2D eigenvalue weighted by molar-refractivity contribution is -0.134. The molecule has 0 radical (unpaired) electrons. The molecule has 5 nitrogen and oxygen atoms in total. The van der Waals surface area contributed by atoms with Gasteiger partial charge < -0.3 is 19.5 Å². The monoisotopic (exact) mass is 265 g/mol. The van der Waals surface area contributed by atoms with Crippen LogP contribution in [0.2, 0.25) is 0 Å². The third-order valence-electron chi connectivity index (χ3n) is 3.33. The summed E-state index contributed by atoms with van der Waals surface area (Å²) in [6, 6.07) is 7.05. The largest absolute Gasteiger partial charge is 0.497 e. The zero-order chi connectivity index (χ0) is 13.7. The lowest BCUT2D eigenvalue weighted by Crippen LogP contribution is -2.40. The Balaban J connectivity index is 1.85. The number of carbonyl (C=O) groups excluding carboxylic acids is 1. The molecule has 1 aromatic rings. The van der Waals surface area contributed by atoms with E-state index in [0.717, 1.165) is 18.6 Å². The van der Waals surface area contributed by atoms with Gasteiger partial charge in [0.2, 0.25) is 0 Å². The number of likely N-dealkylation sites (tertiary alicyclic amines) is 1. The van der Waals surface area contributed by atoms with Gasteiger partial charge in [-0.05, 0) is 37.1 Å². The number of nitrogens with zero attached hydrogens (tertiary/aromatic N) is 1. The topological polar surface area (TPSA) is 59.0 Å². The van der Waals surface area contributed by atoms with Gasteiger partial charge >= 0.3 is 0 Å². The van der Waals surface area contributed by atoms with Crippen LogP contribution in [-0.2, 0) is 4.79 Å². The standard InChI is InChI=1S/C14H19NO4/c1-18-12-4-6-13(7-5-12)19-10-14(17)15-8-2-3-11(15)9-16/h4-7,11,16H,2-3,8-10H2,1H3/t11-/m1/s1. The van der Waals surface area contributed by atoms with Gasteiger partial charge in [-0.3, -0.25) is 4.79 Å². The molecule has 1 amide bonds. The summed E-state index contributed by atoms with van der Waals surface area (Å²) in [6.07, 6.45) is 1.81. The fourth-order valence-electron chi connectivity index (χ4n) is 2.25. The molecule has 0 aliphatic carbocycles. The van der Waals surface area contributed by atoms with Crippen molar-refractivity contribution in [2.75, 3.05) is 26.9 Å². The molecule has 1 fully saturated rings. The first kappa shape index (κ1) is 13.7. The number of hydrogen-bond acceptors (Lipinski definition) is 4. The van der Waals surface area contributed by atoms with E-state index in [1.54, 1.807) is 36.3 Å². The molecule has 0 unspecified atom stereocenters. The molecular formula is C14H19NO4. The Morgan fingerprint density at radius 1 is 1.37 bits per heavy atom. The van der Waals surface area contributed by atoms with Crippen molar-refractivity contribution in [1.82, 2.24) is 4.90 Å². The van der Waals surface area contributed by atoms with Gasteiger partial charge in [0.05, 0.1) is 19.8 Å². The summed E-state index contributed by atoms with van der Waals surface area (Å²) in [5.41, 5.74) is 0. The van der Waals surface area contributed by atoms with Crippen LogP contribution in [0.25, 0.3) is 0 Å². The van der Waals surface area contributed by atoms with Gasteiger partial charge in [0.1, 0.15) is 11.5 Å². The van der Waals surface area contributed by atoms with Crippen molar-refractivity contribution in [3.05, 3.63) is 24.3 Å². The Labute approximate surface area is 112 Å². The summed E-state index contributed by atoms with van der Waals surface area (Å²) in [5.74, 6) is 1.31. The highest BCUT2D eigenvalue weighted by molar-refractivity contribution is 5.78. The van der Waals surface area contributed by atoms with Crippen molar-refractivity contribution in [1.29, 1.82) is 0 Å². The van der Waals surface area contributed by atoms with Crippen LogP contribution in [0.3, 0.4) is 0 Å². The molecule has 0 bridgehead atoms. The number of methoxy groups -OCH3 is 1. The molecule has 1 N–H and O–H groups in total. The smallest absolute Gasteiger partial charge is 0.260 e. The van der Waals surface area contributed by atoms with E-state index in [0.29, 0.717) is 12.3 Å². The molecule has 1 aliphatic heterocycles. The third kappa shape index (κ3) is 3.38. The van der Waals surface area contributed by atoms with Crippen LogP contribution in [-0.4, -0.2) is 48.8 Å². The number of ether oxygens (including phenoxy) is 2. The quantitative estimate of drug-likeness (QED) is 0.864. The average molecular weight is 265 g/mol. The van der Waals surface area contributed by atoms with Crippen LogP contribution in [0.15, 0.2) is 24.3 Å². The molecule has 1 aliphatic rings. The second-order valence-corrected chi connectivity index (χ2v) is 4.53. The number of rotatable bonds is 5. The summed E-state index contributed by atoms with van der Waals surface area (Å²) in [7, 11) is 1.60. The third-order valence-corrected chi connectivity index (χ3v) is 3.33. The van der Waals surface area contributed by atoms with Crippen LogP contribution in [0.1, 0.15) is 12.8 Å². The molecule has 0 aromatic heterocycles. The summed E-state index contributed by atoms with van der Waals surface area (Å²) >= 11 is 0. The van der Waals surface area contributed by atoms with Crippen molar-refractivity contribution in [2.24, 2.45) is 0 Å². The van der Waals surface area contributed by atoms with Crippen molar-refractivity contribution in [3.63, 3.8) is 0 Å². The molecule has 1 saturated heterocycles. The zero-order valence-electron chi connectivity index (χ0n) is 11.0. The summed E-state index contributed by atoms with van der Waals surface area (Å²) in [5, 5.41) is 9.18. The highest BCUT2D eigenvalue weighted by Crippen LogP contribution is 2.19. The van der Waals surface area contributed by atoms with E-state index in [4.69, 9.17) is 9.47 Å². The summed E-state index contributed by atoms with van der Waals surface area (Å²) in [4.78, 5) is 13.7. The Bertz CT molecular complexity index is 418. The van der Waals surface area contributed by atoms with Gasteiger partial charge in [0.15, 0.2) is 6.61 Å². The normalized spacial score (nSPS) is 18.4. The fourth-order valence-corrected chi connectivity index (χ4v) is 2.25. The van der Waals surface area contributed by atoms with Crippen molar-refractivity contribution < 1.29 is 19.4 Å². The van der Waals surface area contributed by atoms with Crippen LogP contribution >= 0.6 is 0 Å². The number of aliphatic hydroxyl groups excluding tert-OH is 1. The number of benzene rings is 1. The number of carbonyl (C=O) groups is 1. The first-order valence-corrected chi connectivity index (χ1v) is 6.41. The van der Waals surface area contributed by atoms with E-state index in [2.05, 4.69) is 0 Å². The maximum atomic E-state index is 12.0. The molecule has 1 heterocycles. The maximum Gasteiger partial charge on any atom is 0.260 e. The maximum absolute atomic E-state index is 12.0. The van der Waals surface area contributed by atoms with Crippen molar-refractivity contribution in [3.8, 4) is 11.5 Å². The number of aliphatic hydroxyl groups is 1. The number of hydrogen-bond donors (Lipinski definition) is 1. The van der Waals surface area contributed by atoms with Crippen molar-refractivity contribution >= 4 is 5.91 Å². The van der Waals surface area contributed by atoms with Gasteiger partial charge in [0, 0.05) is 6.54 Å². The Morgan fingerprint density at radius 2 is 2.05 bits per heavy atom. The van der Waals surface area contributed by atoms with Gasteiger partial charge in [-0.15, -0.1) is 0 Å². The van der Waals surface area contributed by atoms with E-state index in [9.17, 15) is 9.90 Å². The van der Waals surface area contributed by atoms with Gasteiger partial charge in [-0.25, -0.2) is 0 Å². The SMILES string of the molecule is COc1ccc(OCC(=O)N2CCC[C@@H]2CO)cc1. The summed E-state index contributed by atoms with van der Waals surface area (Å²) in [6.45, 7) is 0.729. The molecule has 2 rings (SSSR count). The molecule has 19 heavy (non-hydrogen) atoms. The van der Waals surface area contributed by atoms with E-state index < -0.39 is 0 Å². The minimum atomic E-state index is -0.0765. The Morgan fingerprint density at radius 3 is 2.68 bits per heavy atom. The highest BCUT2D eigenvalue weighted by Gasteiger charge is 2.27. The van der Waals surface area contributed by atoms with Gasteiger partial charge in [-0.2, -0.15) is 0 Å². The average Bonchev–Trinajstić information content (AvgIpc) is 2.93. The fraction of sp³-hybridized carbons (Fsp3) is 0.500. The predicted octanol–water partition coefficient (Wildman–Crippen LogP) is 1.06. The second kappa shape index (κ2) is 6.43. The van der Waals surface area contributed by atoms with Gasteiger partial charge in [-0.1, -0.05) is 0 Å². The van der Waals surface area contributed by atoms with E-state index in [1.165, 1.54) is 0 Å². The Hall–Kier alpha value is -1.75. The van der Waals surface area contributed by atoms with E-state index in [-0.39, 0.29) is 25.2 Å². The minimum Gasteiger partial charge on any atom is -0.497 e. The van der Waals surface area contributed by atoms with Crippen molar-refractivity contribution in [2.45, 2.75) is 18.9 Å². The van der Waals surface area contributed by atoms with Gasteiger partial charge in [0.25, 0.3) is 5.91 Å². The van der Waals surface area contributed by atoms with Crippen LogP contribution in [0.5, 0.6) is 11.5 Å². The molecule has 1 aromatic carbocycles. The molecule has 1 atom stereocenters. The molecule has 0 saturated carbocycles. The highest BCUT2D eigenvalue weighted by atomic mass is 16.5. The Kier molecular flexibility index (Phi) is 4.63. The minimum absolute atomic E-state index is 0.00281. The first-order valence-electron chi connectivity index (χ1n) is 6.41. The predicted molar refractivity (Wildman–Crippen MR) is 70.3 cm³/mol. The van der Waals surface area contributed by atoms with Crippen LogP contribution in [0, 0.1) is 0 Å². The number of amides is 1. The van der Waals surface area contributed by atoms with E-state index in [1.807, 2.05) is 0 Å². The lowest BCUT2D eigenvalue weighted by atomic mass is 10.2. The molecule has 104 valence electrons. The molecule has 5 heteroatoms. The lowest BCUT2D eigenvalue weighted by Gasteiger charge is -2.22. The first-order chi connectivity index (χ1) is 9.24. The zero-order valence-corrected chi connectivity index (χ0v) is 11.0. The van der Waals surface area contributed by atoms with Crippen LogP contribution < -0.4 is 9.47 Å².